The van der Waals surface area contributed by atoms with Crippen molar-refractivity contribution in [1.82, 2.24) is 9.80 Å². The smallest absolute Gasteiger partial charge is 0.325 e. The van der Waals surface area contributed by atoms with E-state index in [0.29, 0.717) is 5.56 Å². The van der Waals surface area contributed by atoms with Crippen molar-refractivity contribution in [2.24, 2.45) is 0 Å². The Morgan fingerprint density at radius 1 is 1.14 bits per heavy atom. The highest BCUT2D eigenvalue weighted by Gasteiger charge is 2.19. The number of hydrogen-bond acceptors (Lipinski definition) is 4. The van der Waals surface area contributed by atoms with Gasteiger partial charge in [0.25, 0.3) is 5.91 Å². The average molecular weight is 357 g/mol. The van der Waals surface area contributed by atoms with Crippen LogP contribution in [0.15, 0.2) is 28.7 Å². The lowest BCUT2D eigenvalue weighted by atomic mass is 10.2. The topological polar surface area (TPSA) is 66.9 Å². The number of amides is 2. The van der Waals surface area contributed by atoms with Gasteiger partial charge in [0.2, 0.25) is 5.91 Å². The van der Waals surface area contributed by atoms with E-state index in [1.54, 1.807) is 18.2 Å². The molecule has 0 aliphatic carbocycles. The lowest BCUT2D eigenvalue weighted by Gasteiger charge is -2.21. The number of benzene rings is 1. The van der Waals surface area contributed by atoms with Crippen molar-refractivity contribution in [2.75, 3.05) is 34.3 Å². The lowest BCUT2D eigenvalue weighted by Crippen LogP contribution is -2.41. The SMILES string of the molecule is COC(=O)CN(C)C(=O)CN(C)C(=O)c1cccc(Br)c1. The fraction of sp³-hybridized carbons (Fsp3) is 0.357. The molecule has 0 aliphatic rings. The molecule has 0 heterocycles. The number of likely N-dealkylation sites (N-methyl/N-ethyl adjacent to an activating group) is 2. The molecule has 0 aliphatic heterocycles. The molecule has 1 rings (SSSR count). The largest absolute Gasteiger partial charge is 0.468 e. The van der Waals surface area contributed by atoms with E-state index < -0.39 is 5.97 Å². The summed E-state index contributed by atoms with van der Waals surface area (Å²) >= 11 is 3.29. The van der Waals surface area contributed by atoms with Crippen LogP contribution in [0.25, 0.3) is 0 Å². The summed E-state index contributed by atoms with van der Waals surface area (Å²) in [5.41, 5.74) is 0.482. The van der Waals surface area contributed by atoms with Crippen molar-refractivity contribution in [3.05, 3.63) is 34.3 Å². The second-order valence-electron chi connectivity index (χ2n) is 4.50. The van der Waals surface area contributed by atoms with E-state index in [4.69, 9.17) is 0 Å². The van der Waals surface area contributed by atoms with Crippen LogP contribution in [0, 0.1) is 0 Å². The van der Waals surface area contributed by atoms with Crippen LogP contribution in [0.1, 0.15) is 10.4 Å². The van der Waals surface area contributed by atoms with Gasteiger partial charge in [0.05, 0.1) is 13.7 Å². The Kier molecular flexibility index (Phi) is 6.36. The molecule has 0 saturated heterocycles. The van der Waals surface area contributed by atoms with Gasteiger partial charge < -0.3 is 14.5 Å². The van der Waals surface area contributed by atoms with Crippen molar-refractivity contribution >= 4 is 33.7 Å². The van der Waals surface area contributed by atoms with Gasteiger partial charge in [-0.2, -0.15) is 0 Å². The number of carbonyl (C=O) groups is 3. The Hall–Kier alpha value is -1.89. The van der Waals surface area contributed by atoms with Crippen LogP contribution in [0.5, 0.6) is 0 Å². The fourth-order valence-electron chi connectivity index (χ4n) is 1.58. The normalized spacial score (nSPS) is 9.90. The summed E-state index contributed by atoms with van der Waals surface area (Å²) in [5, 5.41) is 0. The zero-order valence-electron chi connectivity index (χ0n) is 12.1. The van der Waals surface area contributed by atoms with Crippen molar-refractivity contribution in [2.45, 2.75) is 0 Å². The van der Waals surface area contributed by atoms with Gasteiger partial charge in [0.1, 0.15) is 6.54 Å². The maximum absolute atomic E-state index is 12.2. The number of hydrogen-bond donors (Lipinski definition) is 0. The second kappa shape index (κ2) is 7.78. The Bertz CT molecular complexity index is 548. The van der Waals surface area contributed by atoms with Crippen molar-refractivity contribution < 1.29 is 19.1 Å². The Morgan fingerprint density at radius 3 is 2.38 bits per heavy atom. The Balaban J connectivity index is 2.63. The predicted octanol–water partition coefficient (Wildman–Crippen LogP) is 1.15. The first kappa shape index (κ1) is 17.2. The summed E-state index contributed by atoms with van der Waals surface area (Å²) < 4.78 is 5.28. The minimum absolute atomic E-state index is 0.112. The fourth-order valence-corrected chi connectivity index (χ4v) is 1.98. The van der Waals surface area contributed by atoms with E-state index in [2.05, 4.69) is 20.7 Å². The maximum Gasteiger partial charge on any atom is 0.325 e. The summed E-state index contributed by atoms with van der Waals surface area (Å²) in [4.78, 5) is 37.7. The van der Waals surface area contributed by atoms with Crippen LogP contribution in [0.3, 0.4) is 0 Å². The molecular formula is C14H17BrN2O4. The van der Waals surface area contributed by atoms with Crippen molar-refractivity contribution in [3.8, 4) is 0 Å². The standard InChI is InChI=1S/C14H17BrN2O4/c1-16(9-13(19)21-3)12(18)8-17(2)14(20)10-5-4-6-11(15)7-10/h4-7H,8-9H2,1-3H3. The molecule has 2 amide bonds. The maximum atomic E-state index is 12.2. The third-order valence-corrected chi connectivity index (χ3v) is 3.30. The van der Waals surface area contributed by atoms with Crippen LogP contribution >= 0.6 is 15.9 Å². The number of nitrogens with zero attached hydrogens (tertiary/aromatic N) is 2. The van der Waals surface area contributed by atoms with E-state index in [9.17, 15) is 14.4 Å². The van der Waals surface area contributed by atoms with Crippen molar-refractivity contribution in [1.29, 1.82) is 0 Å². The second-order valence-corrected chi connectivity index (χ2v) is 5.41. The number of carbonyl (C=O) groups excluding carboxylic acids is 3. The van der Waals surface area contributed by atoms with Gasteiger partial charge in [-0.25, -0.2) is 0 Å². The summed E-state index contributed by atoms with van der Waals surface area (Å²) in [5.74, 6) is -1.12. The van der Waals surface area contributed by atoms with Gasteiger partial charge in [-0.15, -0.1) is 0 Å². The van der Waals surface area contributed by atoms with E-state index in [-0.39, 0.29) is 24.9 Å². The molecule has 0 bridgehead atoms. The van der Waals surface area contributed by atoms with Crippen LogP contribution in [0.4, 0.5) is 0 Å². The summed E-state index contributed by atoms with van der Waals surface area (Å²) in [6.45, 7) is -0.257. The number of halogens is 1. The highest BCUT2D eigenvalue weighted by atomic mass is 79.9. The van der Waals surface area contributed by atoms with E-state index in [1.807, 2.05) is 6.07 Å². The predicted molar refractivity (Wildman–Crippen MR) is 80.8 cm³/mol. The first-order valence-electron chi connectivity index (χ1n) is 6.17. The highest BCUT2D eigenvalue weighted by molar-refractivity contribution is 9.10. The number of ether oxygens (including phenoxy) is 1. The first-order valence-corrected chi connectivity index (χ1v) is 6.96. The molecule has 0 radical (unpaired) electrons. The molecule has 0 aromatic heterocycles. The quantitative estimate of drug-likeness (QED) is 0.742. The van der Waals surface area contributed by atoms with Crippen LogP contribution in [-0.4, -0.2) is 61.9 Å². The number of esters is 1. The Labute approximate surface area is 131 Å². The molecule has 0 fully saturated rings. The third kappa shape index (κ3) is 5.18. The average Bonchev–Trinajstić information content (AvgIpc) is 2.45. The molecular weight excluding hydrogens is 340 g/mol. The monoisotopic (exact) mass is 356 g/mol. The minimum Gasteiger partial charge on any atom is -0.468 e. The van der Waals surface area contributed by atoms with Gasteiger partial charge in [0, 0.05) is 24.1 Å². The molecule has 21 heavy (non-hydrogen) atoms. The molecule has 0 unspecified atom stereocenters. The van der Waals surface area contributed by atoms with E-state index in [0.717, 1.165) is 4.47 Å². The zero-order chi connectivity index (χ0) is 16.0. The zero-order valence-corrected chi connectivity index (χ0v) is 13.7. The molecule has 0 atom stereocenters. The van der Waals surface area contributed by atoms with Gasteiger partial charge >= 0.3 is 5.97 Å². The van der Waals surface area contributed by atoms with Crippen LogP contribution < -0.4 is 0 Å². The molecule has 6 nitrogen and oxygen atoms in total. The van der Waals surface area contributed by atoms with Gasteiger partial charge in [-0.3, -0.25) is 14.4 Å². The molecule has 0 saturated carbocycles. The third-order valence-electron chi connectivity index (χ3n) is 2.81. The van der Waals surface area contributed by atoms with Gasteiger partial charge in [0.15, 0.2) is 0 Å². The van der Waals surface area contributed by atoms with E-state index in [1.165, 1.54) is 31.0 Å². The lowest BCUT2D eigenvalue weighted by molar-refractivity contribution is -0.146. The Morgan fingerprint density at radius 2 is 1.81 bits per heavy atom. The van der Waals surface area contributed by atoms with Gasteiger partial charge in [-0.1, -0.05) is 22.0 Å². The van der Waals surface area contributed by atoms with Crippen LogP contribution in [0.2, 0.25) is 0 Å². The van der Waals surface area contributed by atoms with Gasteiger partial charge in [-0.05, 0) is 18.2 Å². The summed E-state index contributed by atoms with van der Waals surface area (Å²) in [6.07, 6.45) is 0. The molecule has 0 spiro atoms. The highest BCUT2D eigenvalue weighted by Crippen LogP contribution is 2.13. The summed E-state index contributed by atoms with van der Waals surface area (Å²) in [7, 11) is 4.27. The molecule has 1 aromatic rings. The summed E-state index contributed by atoms with van der Waals surface area (Å²) in [6, 6.07) is 6.91. The molecule has 114 valence electrons. The number of rotatable bonds is 5. The molecule has 1 aromatic carbocycles. The number of methoxy groups -OCH3 is 1. The van der Waals surface area contributed by atoms with Crippen LogP contribution in [-0.2, 0) is 14.3 Å². The molecule has 7 heteroatoms. The van der Waals surface area contributed by atoms with E-state index >= 15 is 0 Å². The first-order chi connectivity index (χ1) is 9.85. The van der Waals surface area contributed by atoms with Crippen molar-refractivity contribution in [3.63, 3.8) is 0 Å². The molecule has 0 N–H and O–H groups in total. The minimum atomic E-state index is -0.508.